The maximum atomic E-state index is 13.8. The summed E-state index contributed by atoms with van der Waals surface area (Å²) in [5.74, 6) is -0.759. The van der Waals surface area contributed by atoms with Crippen LogP contribution in [0.3, 0.4) is 0 Å². The van der Waals surface area contributed by atoms with Gasteiger partial charge in [-0.1, -0.05) is 17.7 Å². The van der Waals surface area contributed by atoms with E-state index in [1.165, 1.54) is 62.8 Å². The van der Waals surface area contributed by atoms with Gasteiger partial charge in [-0.2, -0.15) is 0 Å². The molecular formula is C24H24ClN3O6S. The van der Waals surface area contributed by atoms with Crippen molar-refractivity contribution in [1.29, 1.82) is 0 Å². The van der Waals surface area contributed by atoms with Crippen LogP contribution in [0.5, 0.6) is 11.5 Å². The molecule has 0 aliphatic carbocycles. The lowest BCUT2D eigenvalue weighted by molar-refractivity contribution is -0.114. The maximum Gasteiger partial charge on any atom is 0.268 e. The number of hydrogen-bond donors (Lipinski definition) is 2. The average Bonchev–Trinajstić information content (AvgIpc) is 2.82. The second-order valence-electron chi connectivity index (χ2n) is 7.47. The van der Waals surface area contributed by atoms with Crippen molar-refractivity contribution in [2.45, 2.75) is 11.8 Å². The molecule has 0 radical (unpaired) electrons. The van der Waals surface area contributed by atoms with Crippen LogP contribution in [-0.4, -0.2) is 41.0 Å². The quantitative estimate of drug-likeness (QED) is 0.446. The van der Waals surface area contributed by atoms with Gasteiger partial charge in [-0.3, -0.25) is 13.9 Å². The number of rotatable bonds is 9. The third-order valence-electron chi connectivity index (χ3n) is 5.05. The minimum absolute atomic E-state index is 0.106. The molecule has 3 aromatic rings. The van der Waals surface area contributed by atoms with Crippen LogP contribution in [0.25, 0.3) is 0 Å². The number of hydrogen-bond acceptors (Lipinski definition) is 6. The lowest BCUT2D eigenvalue weighted by Gasteiger charge is -2.25. The highest BCUT2D eigenvalue weighted by molar-refractivity contribution is 7.93. The van der Waals surface area contributed by atoms with E-state index in [1.807, 2.05) is 0 Å². The Morgan fingerprint density at radius 3 is 2.17 bits per heavy atom. The first kappa shape index (κ1) is 25.9. The molecule has 0 saturated heterocycles. The van der Waals surface area contributed by atoms with E-state index in [9.17, 15) is 18.0 Å². The minimum Gasteiger partial charge on any atom is -0.495 e. The first-order valence-corrected chi connectivity index (χ1v) is 12.1. The van der Waals surface area contributed by atoms with Crippen molar-refractivity contribution in [3.05, 3.63) is 76.8 Å². The molecule has 0 aliphatic heterocycles. The smallest absolute Gasteiger partial charge is 0.268 e. The number of anilines is 2. The molecule has 35 heavy (non-hydrogen) atoms. The fourth-order valence-electron chi connectivity index (χ4n) is 3.28. The largest absolute Gasteiger partial charge is 0.495 e. The van der Waals surface area contributed by atoms with Crippen molar-refractivity contribution in [3.63, 3.8) is 0 Å². The Balaban J connectivity index is 2.02. The summed E-state index contributed by atoms with van der Waals surface area (Å²) in [7, 11) is -1.48. The summed E-state index contributed by atoms with van der Waals surface area (Å²) in [6.45, 7) is 1.18. The van der Waals surface area contributed by atoms with Crippen LogP contribution in [-0.2, 0) is 14.8 Å². The van der Waals surface area contributed by atoms with Gasteiger partial charge in [0.15, 0.2) is 0 Å². The highest BCUT2D eigenvalue weighted by Crippen LogP contribution is 2.34. The van der Waals surface area contributed by atoms with Crippen molar-refractivity contribution in [2.24, 2.45) is 5.73 Å². The van der Waals surface area contributed by atoms with E-state index in [0.717, 1.165) is 4.31 Å². The van der Waals surface area contributed by atoms with Crippen molar-refractivity contribution < 1.29 is 27.5 Å². The minimum atomic E-state index is -4.27. The molecule has 184 valence electrons. The number of benzene rings is 3. The number of sulfonamides is 1. The zero-order valence-electron chi connectivity index (χ0n) is 19.2. The summed E-state index contributed by atoms with van der Waals surface area (Å²) in [5, 5.41) is 2.79. The van der Waals surface area contributed by atoms with Gasteiger partial charge in [0, 0.05) is 11.3 Å². The van der Waals surface area contributed by atoms with Gasteiger partial charge >= 0.3 is 0 Å². The first-order valence-electron chi connectivity index (χ1n) is 10.3. The number of methoxy groups -OCH3 is 2. The molecule has 0 saturated carbocycles. The molecule has 9 nitrogen and oxygen atoms in total. The molecule has 2 amide bonds. The second kappa shape index (κ2) is 10.7. The first-order chi connectivity index (χ1) is 16.6. The van der Waals surface area contributed by atoms with Gasteiger partial charge in [0.2, 0.25) is 11.8 Å². The van der Waals surface area contributed by atoms with Crippen molar-refractivity contribution in [2.75, 3.05) is 30.4 Å². The van der Waals surface area contributed by atoms with Gasteiger partial charge in [-0.15, -0.1) is 0 Å². The van der Waals surface area contributed by atoms with E-state index in [0.29, 0.717) is 17.0 Å². The third-order valence-corrected chi connectivity index (χ3v) is 7.14. The van der Waals surface area contributed by atoms with Crippen LogP contribution in [0, 0.1) is 6.92 Å². The van der Waals surface area contributed by atoms with Gasteiger partial charge in [-0.25, -0.2) is 8.42 Å². The average molecular weight is 518 g/mol. The number of nitrogens with zero attached hydrogens (tertiary/aromatic N) is 1. The van der Waals surface area contributed by atoms with Gasteiger partial charge in [0.1, 0.15) is 22.9 Å². The molecule has 0 aromatic heterocycles. The second-order valence-corrected chi connectivity index (χ2v) is 9.71. The molecule has 0 unspecified atom stereocenters. The highest BCUT2D eigenvalue weighted by atomic mass is 35.5. The molecule has 0 heterocycles. The van der Waals surface area contributed by atoms with Crippen molar-refractivity contribution in [1.82, 2.24) is 0 Å². The molecule has 0 aliphatic rings. The number of nitrogens with one attached hydrogen (secondary N) is 1. The number of halogens is 1. The van der Waals surface area contributed by atoms with Crippen LogP contribution in [0.1, 0.15) is 15.9 Å². The zero-order valence-corrected chi connectivity index (χ0v) is 20.8. The third kappa shape index (κ3) is 5.84. The van der Waals surface area contributed by atoms with Crippen LogP contribution in [0.15, 0.2) is 65.6 Å². The topological polar surface area (TPSA) is 128 Å². The van der Waals surface area contributed by atoms with E-state index >= 15 is 0 Å². The molecule has 0 spiro atoms. The Morgan fingerprint density at radius 1 is 0.971 bits per heavy atom. The zero-order chi connectivity index (χ0) is 25.8. The van der Waals surface area contributed by atoms with E-state index < -0.39 is 28.4 Å². The van der Waals surface area contributed by atoms with Crippen LogP contribution < -0.4 is 24.8 Å². The standard InChI is InChI=1S/C24H24ClN3O6S/c1-15-4-10-21(34-3)22(12-15)35(31,32)28(18-9-11-20(33-2)19(25)13-18)14-23(29)27-17-7-5-16(6-8-17)24(26)30/h4-13H,14H2,1-3H3,(H2,26,30)(H,27,29). The number of carbonyl (C=O) groups excluding carboxylic acids is 2. The van der Waals surface area contributed by atoms with E-state index in [1.54, 1.807) is 19.1 Å². The number of carbonyl (C=O) groups is 2. The number of aryl methyl sites for hydroxylation is 1. The van der Waals surface area contributed by atoms with E-state index in [-0.39, 0.29) is 26.9 Å². The molecule has 0 fully saturated rings. The number of primary amides is 1. The Kier molecular flexibility index (Phi) is 7.88. The van der Waals surface area contributed by atoms with Crippen molar-refractivity contribution in [3.8, 4) is 11.5 Å². The lowest BCUT2D eigenvalue weighted by Crippen LogP contribution is -2.38. The van der Waals surface area contributed by atoms with E-state index in [4.69, 9.17) is 26.8 Å². The molecule has 11 heteroatoms. The Morgan fingerprint density at radius 2 is 1.60 bits per heavy atom. The fraction of sp³-hybridized carbons (Fsp3) is 0.167. The number of ether oxygens (including phenoxy) is 2. The summed E-state index contributed by atoms with van der Waals surface area (Å²) in [5.41, 5.74) is 6.71. The summed E-state index contributed by atoms with van der Waals surface area (Å²) in [6.07, 6.45) is 0. The fourth-order valence-corrected chi connectivity index (χ4v) is 5.19. The van der Waals surface area contributed by atoms with Gasteiger partial charge in [0.25, 0.3) is 10.0 Å². The van der Waals surface area contributed by atoms with E-state index in [2.05, 4.69) is 5.32 Å². The maximum absolute atomic E-state index is 13.8. The Hall–Kier alpha value is -3.76. The predicted molar refractivity (Wildman–Crippen MR) is 134 cm³/mol. The van der Waals surface area contributed by atoms with Gasteiger partial charge in [0.05, 0.1) is 24.9 Å². The van der Waals surface area contributed by atoms with Gasteiger partial charge < -0.3 is 20.5 Å². The van der Waals surface area contributed by atoms with Gasteiger partial charge in [-0.05, 0) is 67.1 Å². The summed E-state index contributed by atoms with van der Waals surface area (Å²) in [6, 6.07) is 15.0. The number of amides is 2. The van der Waals surface area contributed by atoms with Crippen molar-refractivity contribution >= 4 is 44.8 Å². The SMILES string of the molecule is COc1ccc(N(CC(=O)Nc2ccc(C(N)=O)cc2)S(=O)(=O)c2cc(C)ccc2OC)cc1Cl. The molecule has 0 atom stereocenters. The molecular weight excluding hydrogens is 494 g/mol. The molecule has 3 rings (SSSR count). The van der Waals surface area contributed by atoms with Crippen LogP contribution >= 0.6 is 11.6 Å². The Bertz CT molecular complexity index is 1360. The normalized spacial score (nSPS) is 11.0. The van der Waals surface area contributed by atoms with Crippen LogP contribution in [0.2, 0.25) is 5.02 Å². The Labute approximate surface area is 208 Å². The monoisotopic (exact) mass is 517 g/mol. The summed E-state index contributed by atoms with van der Waals surface area (Å²) < 4.78 is 38.9. The summed E-state index contributed by atoms with van der Waals surface area (Å²) in [4.78, 5) is 24.1. The highest BCUT2D eigenvalue weighted by Gasteiger charge is 2.31. The summed E-state index contributed by atoms with van der Waals surface area (Å²) >= 11 is 6.25. The molecule has 3 N–H and O–H groups in total. The molecule has 3 aromatic carbocycles. The van der Waals surface area contributed by atoms with Crippen LogP contribution in [0.4, 0.5) is 11.4 Å². The lowest BCUT2D eigenvalue weighted by atomic mass is 10.2. The molecule has 0 bridgehead atoms. The number of nitrogens with two attached hydrogens (primary N) is 1. The predicted octanol–water partition coefficient (Wildman–Crippen LogP) is 3.60.